The number of allylic oxidation sites excluding steroid dienone is 1. The topological polar surface area (TPSA) is 55.8 Å². The number of carbonyl (C=O) groups excluding carboxylic acids is 1. The quantitative estimate of drug-likeness (QED) is 0.757. The van der Waals surface area contributed by atoms with Gasteiger partial charge in [0.05, 0.1) is 29.6 Å². The molecule has 0 saturated carbocycles. The zero-order valence-electron chi connectivity index (χ0n) is 15.5. The van der Waals surface area contributed by atoms with Crippen LogP contribution in [0.1, 0.15) is 30.9 Å². The Kier molecular flexibility index (Phi) is 4.22. The normalized spacial score (nSPS) is 28.1. The van der Waals surface area contributed by atoms with Crippen LogP contribution in [-0.4, -0.2) is 23.1 Å². The minimum Gasteiger partial charge on any atom is -0.511 e. The summed E-state index contributed by atoms with van der Waals surface area (Å²) in [6, 6.07) is 12.9. The second-order valence-electron chi connectivity index (χ2n) is 7.69. The number of benzene rings is 2. The molecule has 4 atom stereocenters. The number of halogens is 1. The van der Waals surface area contributed by atoms with Crippen LogP contribution < -0.4 is 4.74 Å². The van der Waals surface area contributed by atoms with Crippen LogP contribution in [0.25, 0.3) is 5.57 Å². The molecule has 2 aliphatic heterocycles. The van der Waals surface area contributed by atoms with E-state index in [0.717, 1.165) is 30.4 Å². The number of aliphatic hydroxyl groups excluding tert-OH is 1. The van der Waals surface area contributed by atoms with Crippen LogP contribution in [0.15, 0.2) is 48.2 Å². The number of hydrogen-bond donors (Lipinski definition) is 1. The molecule has 5 rings (SSSR count). The summed E-state index contributed by atoms with van der Waals surface area (Å²) >= 11 is 5.92. The van der Waals surface area contributed by atoms with Crippen LogP contribution in [0.3, 0.4) is 0 Å². The number of hydrogen-bond acceptors (Lipinski definition) is 4. The zero-order valence-corrected chi connectivity index (χ0v) is 16.3. The first-order valence-corrected chi connectivity index (χ1v) is 10.1. The molecule has 2 aromatic carbocycles. The van der Waals surface area contributed by atoms with Crippen molar-refractivity contribution in [3.8, 4) is 11.5 Å². The molecule has 0 spiro atoms. The van der Waals surface area contributed by atoms with Crippen molar-refractivity contribution in [2.75, 3.05) is 0 Å². The lowest BCUT2D eigenvalue weighted by atomic mass is 9.80. The molecule has 2 unspecified atom stereocenters. The van der Waals surface area contributed by atoms with Gasteiger partial charge >= 0.3 is 0 Å². The molecule has 4 nitrogen and oxygen atoms in total. The van der Waals surface area contributed by atoms with Crippen LogP contribution in [-0.2, 0) is 16.0 Å². The van der Waals surface area contributed by atoms with Gasteiger partial charge in [-0.15, -0.1) is 0 Å². The van der Waals surface area contributed by atoms with Crippen molar-refractivity contribution >= 4 is 23.0 Å². The summed E-state index contributed by atoms with van der Waals surface area (Å²) in [5.41, 5.74) is 2.27. The molecule has 28 heavy (non-hydrogen) atoms. The summed E-state index contributed by atoms with van der Waals surface area (Å²) in [7, 11) is 0. The zero-order chi connectivity index (χ0) is 19.4. The summed E-state index contributed by atoms with van der Waals surface area (Å²) < 4.78 is 11.8. The van der Waals surface area contributed by atoms with Gasteiger partial charge < -0.3 is 14.6 Å². The van der Waals surface area contributed by atoms with Crippen molar-refractivity contribution < 1.29 is 19.4 Å². The summed E-state index contributed by atoms with van der Waals surface area (Å²) in [5, 5.41) is 11.5. The van der Waals surface area contributed by atoms with E-state index in [1.807, 2.05) is 37.3 Å². The summed E-state index contributed by atoms with van der Waals surface area (Å²) in [6.07, 6.45) is 2.50. The molecule has 2 aromatic rings. The average molecular weight is 397 g/mol. The molecular formula is C23H21ClO4. The number of aliphatic hydroxyl groups is 1. The first-order chi connectivity index (χ1) is 13.6. The highest BCUT2D eigenvalue weighted by Gasteiger charge is 2.59. The average Bonchev–Trinajstić information content (AvgIpc) is 3.38. The van der Waals surface area contributed by atoms with E-state index >= 15 is 0 Å². The number of aryl methyl sites for hydroxylation is 1. The molecule has 3 aliphatic rings. The van der Waals surface area contributed by atoms with Gasteiger partial charge in [0.1, 0.15) is 17.3 Å². The molecule has 144 valence electrons. The van der Waals surface area contributed by atoms with Gasteiger partial charge in [0.15, 0.2) is 5.78 Å². The van der Waals surface area contributed by atoms with E-state index in [1.54, 1.807) is 12.1 Å². The van der Waals surface area contributed by atoms with Crippen molar-refractivity contribution in [1.82, 2.24) is 0 Å². The van der Waals surface area contributed by atoms with Gasteiger partial charge in [-0.2, -0.15) is 0 Å². The number of carbonyl (C=O) groups is 1. The van der Waals surface area contributed by atoms with E-state index in [9.17, 15) is 9.90 Å². The molecule has 2 fully saturated rings. The van der Waals surface area contributed by atoms with Crippen LogP contribution in [0.2, 0.25) is 5.02 Å². The van der Waals surface area contributed by atoms with Crippen molar-refractivity contribution in [2.45, 2.75) is 38.4 Å². The maximum Gasteiger partial charge on any atom is 0.173 e. The van der Waals surface area contributed by atoms with Gasteiger partial charge in [0.25, 0.3) is 0 Å². The molecule has 0 radical (unpaired) electrons. The maximum atomic E-state index is 13.1. The van der Waals surface area contributed by atoms with Crippen LogP contribution in [0.5, 0.6) is 11.5 Å². The highest BCUT2D eigenvalue weighted by molar-refractivity contribution is 6.30. The Morgan fingerprint density at radius 1 is 1.07 bits per heavy atom. The molecule has 1 aliphatic carbocycles. The Morgan fingerprint density at radius 2 is 1.75 bits per heavy atom. The smallest absolute Gasteiger partial charge is 0.173 e. The maximum absolute atomic E-state index is 13.1. The molecule has 2 saturated heterocycles. The van der Waals surface area contributed by atoms with Crippen molar-refractivity contribution in [2.24, 2.45) is 11.8 Å². The lowest BCUT2D eigenvalue weighted by Crippen LogP contribution is -2.29. The fourth-order valence-corrected chi connectivity index (χ4v) is 5.02. The standard InChI is InChI=1S/C23H21ClO4/c1-2-12-11-15(27-14-5-3-13(24)4-6-14)7-8-16(12)19-22(25)20-17-9-10-18(28-17)21(20)23(19)26/h3-8,11,17-18,20-21,25H,2,9-10H2,1H3/t17?,18?,20-,21+/m1/s1. The lowest BCUT2D eigenvalue weighted by Gasteiger charge is -2.19. The van der Waals surface area contributed by atoms with Gasteiger partial charge in [-0.1, -0.05) is 24.6 Å². The number of ketones is 1. The van der Waals surface area contributed by atoms with Crippen LogP contribution in [0.4, 0.5) is 0 Å². The molecule has 0 amide bonds. The minimum atomic E-state index is -0.219. The highest BCUT2D eigenvalue weighted by atomic mass is 35.5. The van der Waals surface area contributed by atoms with Gasteiger partial charge in [-0.25, -0.2) is 0 Å². The summed E-state index contributed by atoms with van der Waals surface area (Å²) in [4.78, 5) is 13.1. The van der Waals surface area contributed by atoms with E-state index < -0.39 is 0 Å². The van der Waals surface area contributed by atoms with E-state index in [4.69, 9.17) is 21.1 Å². The van der Waals surface area contributed by atoms with E-state index in [0.29, 0.717) is 22.1 Å². The Morgan fingerprint density at radius 3 is 2.43 bits per heavy atom. The summed E-state index contributed by atoms with van der Waals surface area (Å²) in [5.74, 6) is 1.23. The Hall–Kier alpha value is -2.30. The Bertz CT molecular complexity index is 979. The molecular weight excluding hydrogens is 376 g/mol. The van der Waals surface area contributed by atoms with E-state index in [-0.39, 0.29) is 35.6 Å². The third-order valence-electron chi connectivity index (χ3n) is 6.17. The van der Waals surface area contributed by atoms with E-state index in [1.165, 1.54) is 0 Å². The number of rotatable bonds is 4. The molecule has 2 heterocycles. The van der Waals surface area contributed by atoms with E-state index in [2.05, 4.69) is 0 Å². The van der Waals surface area contributed by atoms with Crippen molar-refractivity contribution in [3.63, 3.8) is 0 Å². The first-order valence-electron chi connectivity index (χ1n) is 9.76. The number of ether oxygens (including phenoxy) is 2. The van der Waals surface area contributed by atoms with Gasteiger partial charge in [0, 0.05) is 5.02 Å². The summed E-state index contributed by atoms with van der Waals surface area (Å²) in [6.45, 7) is 2.04. The lowest BCUT2D eigenvalue weighted by molar-refractivity contribution is -0.118. The number of Topliss-reactive ketones (excluding diaryl/α,β-unsaturated/α-hetero) is 1. The molecule has 0 aromatic heterocycles. The van der Waals surface area contributed by atoms with Gasteiger partial charge in [0.2, 0.25) is 0 Å². The monoisotopic (exact) mass is 396 g/mol. The second-order valence-corrected chi connectivity index (χ2v) is 8.13. The third kappa shape index (κ3) is 2.66. The fourth-order valence-electron chi connectivity index (χ4n) is 4.90. The van der Waals surface area contributed by atoms with Gasteiger partial charge in [-0.3, -0.25) is 4.79 Å². The van der Waals surface area contributed by atoms with Crippen LogP contribution in [0, 0.1) is 11.8 Å². The van der Waals surface area contributed by atoms with Crippen molar-refractivity contribution in [3.05, 3.63) is 64.4 Å². The Labute approximate surface area is 168 Å². The fraction of sp³-hybridized carbons (Fsp3) is 0.348. The van der Waals surface area contributed by atoms with Gasteiger partial charge in [-0.05, 0) is 66.8 Å². The SMILES string of the molecule is CCc1cc(Oc2ccc(Cl)cc2)ccc1C1=C(O)[C@@H]2C3CCC(O3)[C@@H]2C1=O. The second kappa shape index (κ2) is 6.64. The first kappa shape index (κ1) is 17.8. The Balaban J connectivity index is 1.49. The predicted octanol–water partition coefficient (Wildman–Crippen LogP) is 5.34. The van der Waals surface area contributed by atoms with Crippen molar-refractivity contribution in [1.29, 1.82) is 0 Å². The largest absolute Gasteiger partial charge is 0.511 e. The minimum absolute atomic E-state index is 0.0194. The molecule has 1 N–H and O–H groups in total. The number of fused-ring (bicyclic) bond motifs is 5. The third-order valence-corrected chi connectivity index (χ3v) is 6.42. The highest BCUT2D eigenvalue weighted by Crippen LogP contribution is 2.53. The predicted molar refractivity (Wildman–Crippen MR) is 107 cm³/mol. The molecule has 5 heteroatoms. The van der Waals surface area contributed by atoms with Crippen LogP contribution >= 0.6 is 11.6 Å². The molecule has 2 bridgehead atoms.